The van der Waals surface area contributed by atoms with Crippen LogP contribution in [0.5, 0.6) is 0 Å². The van der Waals surface area contributed by atoms with Crippen LogP contribution < -0.4 is 11.1 Å². The Hall–Kier alpha value is -0.330. The van der Waals surface area contributed by atoms with E-state index in [-0.39, 0.29) is 6.54 Å². The van der Waals surface area contributed by atoms with Crippen LogP contribution in [0.2, 0.25) is 0 Å². The van der Waals surface area contributed by atoms with Gasteiger partial charge in [-0.2, -0.15) is 13.2 Å². The fourth-order valence-corrected chi connectivity index (χ4v) is 1.41. The van der Waals surface area contributed by atoms with Gasteiger partial charge >= 0.3 is 6.18 Å². The van der Waals surface area contributed by atoms with E-state index in [2.05, 4.69) is 5.32 Å². The Bertz CT molecular complexity index is 178. The molecule has 0 aromatic rings. The highest BCUT2D eigenvalue weighted by molar-refractivity contribution is 4.88. The van der Waals surface area contributed by atoms with Gasteiger partial charge < -0.3 is 15.8 Å². The van der Waals surface area contributed by atoms with E-state index in [0.717, 1.165) is 0 Å². The van der Waals surface area contributed by atoms with E-state index in [1.807, 2.05) is 0 Å². The molecule has 1 heterocycles. The molecule has 84 valence electrons. The predicted molar refractivity (Wildman–Crippen MR) is 45.9 cm³/mol. The molecule has 0 aliphatic carbocycles. The van der Waals surface area contributed by atoms with Crippen molar-refractivity contribution in [2.24, 2.45) is 5.73 Å². The molecule has 3 N–H and O–H groups in total. The molecular formula is C8H15F3N2O. The minimum Gasteiger partial charge on any atom is -0.381 e. The molecule has 0 aromatic carbocycles. The van der Waals surface area contributed by atoms with Gasteiger partial charge in [-0.15, -0.1) is 0 Å². The lowest BCUT2D eigenvalue weighted by molar-refractivity contribution is -0.125. The average Bonchev–Trinajstić information content (AvgIpc) is 2.02. The van der Waals surface area contributed by atoms with Gasteiger partial charge in [0.1, 0.15) is 0 Å². The third-order valence-corrected chi connectivity index (χ3v) is 2.29. The first-order chi connectivity index (χ1) is 6.41. The zero-order valence-corrected chi connectivity index (χ0v) is 7.86. The van der Waals surface area contributed by atoms with Crippen molar-refractivity contribution in [2.45, 2.75) is 24.6 Å². The second-order valence-corrected chi connectivity index (χ2v) is 3.69. The van der Waals surface area contributed by atoms with Gasteiger partial charge in [-0.05, 0) is 12.8 Å². The van der Waals surface area contributed by atoms with E-state index in [4.69, 9.17) is 10.5 Å². The summed E-state index contributed by atoms with van der Waals surface area (Å²) >= 11 is 0. The lowest BCUT2D eigenvalue weighted by atomic mass is 9.91. The van der Waals surface area contributed by atoms with E-state index < -0.39 is 18.3 Å². The number of nitrogens with one attached hydrogen (secondary N) is 1. The van der Waals surface area contributed by atoms with Gasteiger partial charge in [0.25, 0.3) is 0 Å². The van der Waals surface area contributed by atoms with Crippen LogP contribution in [-0.2, 0) is 4.74 Å². The molecule has 0 bridgehead atoms. The number of hydrogen-bond donors (Lipinski definition) is 2. The van der Waals surface area contributed by atoms with Gasteiger partial charge in [0.05, 0.1) is 6.54 Å². The SMILES string of the molecule is NC1(CNCC(F)(F)F)CCOCC1. The first-order valence-corrected chi connectivity index (χ1v) is 4.55. The summed E-state index contributed by atoms with van der Waals surface area (Å²) in [5, 5.41) is 2.33. The molecule has 14 heavy (non-hydrogen) atoms. The van der Waals surface area contributed by atoms with Crippen molar-refractivity contribution in [3.8, 4) is 0 Å². The summed E-state index contributed by atoms with van der Waals surface area (Å²) < 4.78 is 40.5. The smallest absolute Gasteiger partial charge is 0.381 e. The number of nitrogens with two attached hydrogens (primary N) is 1. The van der Waals surface area contributed by atoms with Crippen molar-refractivity contribution in [2.75, 3.05) is 26.3 Å². The Kier molecular flexibility index (Phi) is 3.74. The maximum atomic E-state index is 11.8. The Morgan fingerprint density at radius 3 is 2.36 bits per heavy atom. The van der Waals surface area contributed by atoms with E-state index in [0.29, 0.717) is 26.1 Å². The number of alkyl halides is 3. The molecule has 0 radical (unpaired) electrons. The highest BCUT2D eigenvalue weighted by Gasteiger charge is 2.31. The lowest BCUT2D eigenvalue weighted by Crippen LogP contribution is -2.53. The Balaban J connectivity index is 2.22. The molecule has 0 atom stereocenters. The first kappa shape index (κ1) is 11.7. The van der Waals surface area contributed by atoms with E-state index >= 15 is 0 Å². The average molecular weight is 212 g/mol. The summed E-state index contributed by atoms with van der Waals surface area (Å²) in [4.78, 5) is 0. The molecule has 1 saturated heterocycles. The molecule has 1 rings (SSSR count). The number of rotatable bonds is 3. The van der Waals surface area contributed by atoms with Crippen LogP contribution >= 0.6 is 0 Å². The summed E-state index contributed by atoms with van der Waals surface area (Å²) in [6.07, 6.45) is -2.95. The fraction of sp³-hybridized carbons (Fsp3) is 1.00. The van der Waals surface area contributed by atoms with Gasteiger partial charge in [0, 0.05) is 25.3 Å². The van der Waals surface area contributed by atoms with Crippen molar-refractivity contribution >= 4 is 0 Å². The minimum absolute atomic E-state index is 0.190. The second-order valence-electron chi connectivity index (χ2n) is 3.69. The fourth-order valence-electron chi connectivity index (χ4n) is 1.41. The highest BCUT2D eigenvalue weighted by Crippen LogP contribution is 2.17. The molecule has 1 aliphatic heterocycles. The highest BCUT2D eigenvalue weighted by atomic mass is 19.4. The van der Waals surface area contributed by atoms with Crippen LogP contribution in [0.25, 0.3) is 0 Å². The van der Waals surface area contributed by atoms with Gasteiger partial charge in [-0.3, -0.25) is 0 Å². The number of ether oxygens (including phenoxy) is 1. The number of halogens is 3. The van der Waals surface area contributed by atoms with E-state index in [1.54, 1.807) is 0 Å². The molecule has 0 unspecified atom stereocenters. The number of hydrogen-bond acceptors (Lipinski definition) is 3. The molecule has 0 amide bonds. The molecule has 1 fully saturated rings. The van der Waals surface area contributed by atoms with E-state index in [9.17, 15) is 13.2 Å². The van der Waals surface area contributed by atoms with Gasteiger partial charge in [-0.1, -0.05) is 0 Å². The Labute approximate surface area is 80.8 Å². The standard InChI is InChI=1S/C8H15F3N2O/c9-8(10,11)6-13-5-7(12)1-3-14-4-2-7/h13H,1-6,12H2. The van der Waals surface area contributed by atoms with Crippen LogP contribution in [0.15, 0.2) is 0 Å². The maximum Gasteiger partial charge on any atom is 0.401 e. The molecule has 3 nitrogen and oxygen atoms in total. The van der Waals surface area contributed by atoms with Crippen LogP contribution in [0.4, 0.5) is 13.2 Å². The van der Waals surface area contributed by atoms with Crippen molar-refractivity contribution < 1.29 is 17.9 Å². The van der Waals surface area contributed by atoms with Gasteiger partial charge in [0.2, 0.25) is 0 Å². The largest absolute Gasteiger partial charge is 0.401 e. The normalized spacial score (nSPS) is 22.3. The van der Waals surface area contributed by atoms with Crippen molar-refractivity contribution in [3.63, 3.8) is 0 Å². The van der Waals surface area contributed by atoms with Crippen molar-refractivity contribution in [3.05, 3.63) is 0 Å². The summed E-state index contributed by atoms with van der Waals surface area (Å²) in [5.74, 6) is 0. The maximum absolute atomic E-state index is 11.8. The first-order valence-electron chi connectivity index (χ1n) is 4.55. The monoisotopic (exact) mass is 212 g/mol. The zero-order chi connectivity index (χ0) is 10.7. The van der Waals surface area contributed by atoms with Gasteiger partial charge in [0.15, 0.2) is 0 Å². The molecule has 0 spiro atoms. The second kappa shape index (κ2) is 4.46. The minimum atomic E-state index is -4.17. The molecular weight excluding hydrogens is 197 g/mol. The zero-order valence-electron chi connectivity index (χ0n) is 7.86. The van der Waals surface area contributed by atoms with Crippen LogP contribution in [0.1, 0.15) is 12.8 Å². The summed E-state index contributed by atoms with van der Waals surface area (Å²) in [7, 11) is 0. The quantitative estimate of drug-likeness (QED) is 0.722. The van der Waals surface area contributed by atoms with Gasteiger partial charge in [-0.25, -0.2) is 0 Å². The molecule has 1 aliphatic rings. The van der Waals surface area contributed by atoms with E-state index in [1.165, 1.54) is 0 Å². The molecule has 0 aromatic heterocycles. The van der Waals surface area contributed by atoms with Crippen LogP contribution in [0.3, 0.4) is 0 Å². The molecule has 6 heteroatoms. The summed E-state index contributed by atoms with van der Waals surface area (Å²) in [5.41, 5.74) is 5.34. The third kappa shape index (κ3) is 4.26. The summed E-state index contributed by atoms with van der Waals surface area (Å²) in [6.45, 7) is 0.275. The van der Waals surface area contributed by atoms with Crippen molar-refractivity contribution in [1.29, 1.82) is 0 Å². The molecule has 0 saturated carbocycles. The van der Waals surface area contributed by atoms with Crippen LogP contribution in [-0.4, -0.2) is 38.0 Å². The third-order valence-electron chi connectivity index (χ3n) is 2.29. The topological polar surface area (TPSA) is 47.3 Å². The summed E-state index contributed by atoms with van der Waals surface area (Å²) in [6, 6.07) is 0. The lowest BCUT2D eigenvalue weighted by Gasteiger charge is -2.33. The Morgan fingerprint density at radius 1 is 1.29 bits per heavy atom. The predicted octanol–water partition coefficient (Wildman–Crippen LogP) is 0.646. The van der Waals surface area contributed by atoms with Crippen LogP contribution in [0, 0.1) is 0 Å². The van der Waals surface area contributed by atoms with Crippen molar-refractivity contribution in [1.82, 2.24) is 5.32 Å². The Morgan fingerprint density at radius 2 is 1.86 bits per heavy atom.